The van der Waals surface area contributed by atoms with Crippen molar-refractivity contribution in [3.8, 4) is 0 Å². The predicted molar refractivity (Wildman–Crippen MR) is 97.9 cm³/mol. The van der Waals surface area contributed by atoms with E-state index in [-0.39, 0.29) is 11.7 Å². The Labute approximate surface area is 154 Å². The van der Waals surface area contributed by atoms with Crippen molar-refractivity contribution < 1.29 is 9.50 Å². The average Bonchev–Trinajstić information content (AvgIpc) is 3.16. The summed E-state index contributed by atoms with van der Waals surface area (Å²) in [5.41, 5.74) is 1.11. The summed E-state index contributed by atoms with van der Waals surface area (Å²) in [6.07, 6.45) is 5.61. The Morgan fingerprint density at radius 3 is 2.54 bits per heavy atom. The van der Waals surface area contributed by atoms with Crippen LogP contribution < -0.4 is 0 Å². The van der Waals surface area contributed by atoms with Crippen molar-refractivity contribution in [3.63, 3.8) is 0 Å². The monoisotopic (exact) mass is 355 g/mol. The van der Waals surface area contributed by atoms with Crippen LogP contribution in [0.5, 0.6) is 0 Å². The van der Waals surface area contributed by atoms with E-state index in [9.17, 15) is 9.50 Å². The van der Waals surface area contributed by atoms with Gasteiger partial charge in [-0.3, -0.25) is 4.90 Å². The fourth-order valence-electron chi connectivity index (χ4n) is 4.61. The number of rotatable bonds is 4. The van der Waals surface area contributed by atoms with E-state index in [1.54, 1.807) is 12.1 Å². The molecule has 1 saturated carbocycles. The van der Waals surface area contributed by atoms with Crippen LogP contribution in [0.2, 0.25) is 0 Å². The van der Waals surface area contributed by atoms with Crippen molar-refractivity contribution in [2.24, 2.45) is 11.8 Å². The first-order chi connectivity index (χ1) is 12.5. The van der Waals surface area contributed by atoms with E-state index >= 15 is 0 Å². The summed E-state index contributed by atoms with van der Waals surface area (Å²) in [5.74, 6) is 1.63. The van der Waals surface area contributed by atoms with Crippen LogP contribution in [0.1, 0.15) is 49.6 Å². The van der Waals surface area contributed by atoms with Crippen molar-refractivity contribution in [2.45, 2.75) is 44.8 Å². The van der Waals surface area contributed by atoms with Gasteiger partial charge in [0.1, 0.15) is 11.6 Å². The smallest absolute Gasteiger partial charge is 0.130 e. The standard InChI is InChI=1S/C21H26FN3O/c1-14(2)20-23-9-15(10-24-20)11-25-12-16-7-8-21(26,19(16)13-25)17-3-5-18(22)6-4-17/h3-6,9-10,14,16,19,26H,7-8,11-13H2,1-2H3. The van der Waals surface area contributed by atoms with Crippen LogP contribution in [0.15, 0.2) is 36.7 Å². The minimum absolute atomic E-state index is 0.198. The van der Waals surface area contributed by atoms with Crippen LogP contribution in [0.3, 0.4) is 0 Å². The molecule has 26 heavy (non-hydrogen) atoms. The number of benzene rings is 1. The second-order valence-corrected chi connectivity index (χ2v) is 8.13. The summed E-state index contributed by atoms with van der Waals surface area (Å²) < 4.78 is 13.2. The van der Waals surface area contributed by atoms with Crippen molar-refractivity contribution in [3.05, 3.63) is 59.4 Å². The molecule has 4 nitrogen and oxygen atoms in total. The first-order valence-electron chi connectivity index (χ1n) is 9.47. The zero-order chi connectivity index (χ0) is 18.3. The number of aromatic nitrogens is 2. The average molecular weight is 355 g/mol. The highest BCUT2D eigenvalue weighted by Gasteiger charge is 2.52. The molecule has 1 N–H and O–H groups in total. The van der Waals surface area contributed by atoms with Crippen LogP contribution in [0, 0.1) is 17.7 Å². The molecule has 0 bridgehead atoms. The number of nitrogens with zero attached hydrogens (tertiary/aromatic N) is 3. The third-order valence-electron chi connectivity index (χ3n) is 6.02. The van der Waals surface area contributed by atoms with Crippen LogP contribution in [-0.2, 0) is 12.1 Å². The summed E-state index contributed by atoms with van der Waals surface area (Å²) in [4.78, 5) is 11.3. The van der Waals surface area contributed by atoms with Crippen LogP contribution in [0.25, 0.3) is 0 Å². The lowest BCUT2D eigenvalue weighted by molar-refractivity contribution is -0.00688. The maximum absolute atomic E-state index is 13.2. The lowest BCUT2D eigenvalue weighted by Crippen LogP contribution is -2.34. The number of fused-ring (bicyclic) bond motifs is 1. The second-order valence-electron chi connectivity index (χ2n) is 8.13. The SMILES string of the molecule is CC(C)c1ncc(CN2CC3CCC(O)(c4ccc(F)cc4)C3C2)cn1. The highest BCUT2D eigenvalue weighted by Crippen LogP contribution is 2.50. The Kier molecular flexibility index (Phi) is 4.53. The quantitative estimate of drug-likeness (QED) is 0.912. The third kappa shape index (κ3) is 3.14. The molecule has 3 atom stereocenters. The number of halogens is 1. The fraction of sp³-hybridized carbons (Fsp3) is 0.524. The molecule has 1 saturated heterocycles. The van der Waals surface area contributed by atoms with Gasteiger partial charge < -0.3 is 5.11 Å². The molecule has 0 spiro atoms. The van der Waals surface area contributed by atoms with Crippen molar-refractivity contribution >= 4 is 0 Å². The van der Waals surface area contributed by atoms with E-state index in [0.29, 0.717) is 11.8 Å². The van der Waals surface area contributed by atoms with Crippen LogP contribution in [-0.4, -0.2) is 33.1 Å². The van der Waals surface area contributed by atoms with E-state index < -0.39 is 5.60 Å². The molecule has 1 aliphatic carbocycles. The first kappa shape index (κ1) is 17.6. The van der Waals surface area contributed by atoms with Crippen LogP contribution in [0.4, 0.5) is 4.39 Å². The fourth-order valence-corrected chi connectivity index (χ4v) is 4.61. The topological polar surface area (TPSA) is 49.2 Å². The minimum atomic E-state index is -0.842. The van der Waals surface area contributed by atoms with Gasteiger partial charge in [-0.05, 0) is 36.5 Å². The normalized spacial score (nSPS) is 28.7. The number of hydrogen-bond acceptors (Lipinski definition) is 4. The Bertz CT molecular complexity index is 762. The molecule has 2 fully saturated rings. The zero-order valence-corrected chi connectivity index (χ0v) is 15.4. The molecule has 2 aromatic rings. The lowest BCUT2D eigenvalue weighted by Gasteiger charge is -2.31. The predicted octanol–water partition coefficient (Wildman–Crippen LogP) is 3.47. The Morgan fingerprint density at radius 1 is 1.19 bits per heavy atom. The van der Waals surface area contributed by atoms with Crippen molar-refractivity contribution in [1.29, 1.82) is 0 Å². The van der Waals surface area contributed by atoms with Crippen molar-refractivity contribution in [1.82, 2.24) is 14.9 Å². The van der Waals surface area contributed by atoms with Gasteiger partial charge in [-0.15, -0.1) is 0 Å². The molecule has 138 valence electrons. The Hall–Kier alpha value is -1.85. The highest BCUT2D eigenvalue weighted by molar-refractivity contribution is 5.27. The van der Waals surface area contributed by atoms with Gasteiger partial charge in [0.05, 0.1) is 5.60 Å². The molecule has 4 rings (SSSR count). The van der Waals surface area contributed by atoms with Crippen LogP contribution >= 0.6 is 0 Å². The van der Waals surface area contributed by atoms with Gasteiger partial charge in [0, 0.05) is 49.4 Å². The first-order valence-corrected chi connectivity index (χ1v) is 9.47. The Morgan fingerprint density at radius 2 is 1.88 bits per heavy atom. The molecule has 2 heterocycles. The van der Waals surface area contributed by atoms with Gasteiger partial charge in [0.15, 0.2) is 0 Å². The summed E-state index contributed by atoms with van der Waals surface area (Å²) in [5, 5.41) is 11.3. The minimum Gasteiger partial charge on any atom is -0.385 e. The summed E-state index contributed by atoms with van der Waals surface area (Å²) >= 11 is 0. The third-order valence-corrected chi connectivity index (χ3v) is 6.02. The van der Waals surface area contributed by atoms with E-state index in [0.717, 1.165) is 49.4 Å². The molecule has 0 amide bonds. The number of aliphatic hydroxyl groups is 1. The maximum Gasteiger partial charge on any atom is 0.130 e. The lowest BCUT2D eigenvalue weighted by atomic mass is 9.82. The van der Waals surface area contributed by atoms with Gasteiger partial charge in [-0.2, -0.15) is 0 Å². The molecule has 3 unspecified atom stereocenters. The molecule has 0 radical (unpaired) electrons. The van der Waals surface area contributed by atoms with Gasteiger partial charge in [-0.1, -0.05) is 26.0 Å². The summed E-state index contributed by atoms with van der Waals surface area (Å²) in [6, 6.07) is 6.36. The summed E-state index contributed by atoms with van der Waals surface area (Å²) in [6.45, 7) is 6.83. The van der Waals surface area contributed by atoms with E-state index in [1.165, 1.54) is 12.1 Å². The van der Waals surface area contributed by atoms with E-state index in [1.807, 2.05) is 12.4 Å². The van der Waals surface area contributed by atoms with E-state index in [2.05, 4.69) is 28.7 Å². The van der Waals surface area contributed by atoms with Gasteiger partial charge >= 0.3 is 0 Å². The number of hydrogen-bond donors (Lipinski definition) is 1. The molecule has 1 aromatic heterocycles. The zero-order valence-electron chi connectivity index (χ0n) is 15.4. The largest absolute Gasteiger partial charge is 0.385 e. The molecule has 1 aliphatic heterocycles. The highest BCUT2D eigenvalue weighted by atomic mass is 19.1. The molecule has 5 heteroatoms. The molecular weight excluding hydrogens is 329 g/mol. The second kappa shape index (κ2) is 6.71. The molecular formula is C21H26FN3O. The maximum atomic E-state index is 13.2. The Balaban J connectivity index is 1.46. The number of likely N-dealkylation sites (tertiary alicyclic amines) is 1. The molecule has 1 aromatic carbocycles. The molecule has 2 aliphatic rings. The summed E-state index contributed by atoms with van der Waals surface area (Å²) in [7, 11) is 0. The van der Waals surface area contributed by atoms with Crippen molar-refractivity contribution in [2.75, 3.05) is 13.1 Å². The van der Waals surface area contributed by atoms with E-state index in [4.69, 9.17) is 0 Å². The van der Waals surface area contributed by atoms with Gasteiger partial charge in [0.2, 0.25) is 0 Å². The van der Waals surface area contributed by atoms with Gasteiger partial charge in [0.25, 0.3) is 0 Å². The van der Waals surface area contributed by atoms with Gasteiger partial charge in [-0.25, -0.2) is 14.4 Å².